The van der Waals surface area contributed by atoms with Crippen LogP contribution in [0.25, 0.3) is 0 Å². The van der Waals surface area contributed by atoms with Crippen molar-refractivity contribution in [1.29, 1.82) is 0 Å². The number of hydrogen-bond donors (Lipinski definition) is 1. The van der Waals surface area contributed by atoms with Crippen LogP contribution in [0.4, 0.5) is 0 Å². The van der Waals surface area contributed by atoms with E-state index in [2.05, 4.69) is 67.8 Å². The van der Waals surface area contributed by atoms with E-state index in [0.29, 0.717) is 18.4 Å². The Morgan fingerprint density at radius 3 is 2.53 bits per heavy atom. The van der Waals surface area contributed by atoms with Crippen molar-refractivity contribution in [2.45, 2.75) is 38.9 Å². The maximum absolute atomic E-state index is 12.2. The second kappa shape index (κ2) is 8.32. The molecule has 0 heterocycles. The van der Waals surface area contributed by atoms with E-state index in [9.17, 15) is 9.90 Å². The first-order valence-electron chi connectivity index (χ1n) is 5.88. The zero-order valence-electron chi connectivity index (χ0n) is 10.6. The molecule has 0 radical (unpaired) electrons. The average Bonchev–Trinajstić information content (AvgIpc) is 2.32. The Labute approximate surface area is 154 Å². The van der Waals surface area contributed by atoms with Gasteiger partial charge in [-0.2, -0.15) is 0 Å². The molecule has 0 amide bonds. The molecule has 0 saturated heterocycles. The molecule has 1 N–H and O–H groups in total. The Hall–Kier alpha value is 0.840. The van der Waals surface area contributed by atoms with Crippen molar-refractivity contribution in [3.05, 3.63) is 28.4 Å². The van der Waals surface area contributed by atoms with E-state index in [4.69, 9.17) is 4.74 Å². The zero-order chi connectivity index (χ0) is 14.6. The fraction of sp³-hybridized carbons (Fsp3) is 0.462. The molecule has 0 bridgehead atoms. The molecule has 19 heavy (non-hydrogen) atoms. The third kappa shape index (κ3) is 5.62. The number of halogens is 3. The number of rotatable bonds is 5. The van der Waals surface area contributed by atoms with E-state index >= 15 is 0 Å². The fourth-order valence-electron chi connectivity index (χ4n) is 1.60. The van der Waals surface area contributed by atoms with Gasteiger partial charge in [0.15, 0.2) is 0 Å². The van der Waals surface area contributed by atoms with Crippen LogP contribution < -0.4 is 0 Å². The van der Waals surface area contributed by atoms with Gasteiger partial charge in [0.25, 0.3) is 0 Å². The maximum atomic E-state index is 12.2. The van der Waals surface area contributed by atoms with Crippen molar-refractivity contribution >= 4 is 73.7 Å². The molecule has 0 saturated carbocycles. The molecule has 0 aliphatic heterocycles. The van der Waals surface area contributed by atoms with Gasteiger partial charge in [0.2, 0.25) is 0 Å². The van der Waals surface area contributed by atoms with Crippen LogP contribution in [0, 0.1) is 10.7 Å². The van der Waals surface area contributed by atoms with E-state index in [0.717, 1.165) is 10.7 Å². The van der Waals surface area contributed by atoms with Crippen LogP contribution >= 0.6 is 67.8 Å². The van der Waals surface area contributed by atoms with Crippen molar-refractivity contribution in [2.75, 3.05) is 0 Å². The standard InChI is InChI=1S/C13H15I3O3/c1-3-9(4-7(2)17)19-13(18)10-5-8(14)6-11(15)12(10)16/h5-7,9,17H,3-4H2,1-2H3. The summed E-state index contributed by atoms with van der Waals surface area (Å²) in [4.78, 5) is 12.2. The van der Waals surface area contributed by atoms with E-state index in [-0.39, 0.29) is 12.1 Å². The first-order chi connectivity index (χ1) is 8.85. The van der Waals surface area contributed by atoms with Gasteiger partial charge in [-0.3, -0.25) is 0 Å². The molecule has 1 rings (SSSR count). The zero-order valence-corrected chi connectivity index (χ0v) is 17.1. The van der Waals surface area contributed by atoms with Gasteiger partial charge in [0.05, 0.1) is 11.7 Å². The van der Waals surface area contributed by atoms with Gasteiger partial charge < -0.3 is 9.84 Å². The minimum absolute atomic E-state index is 0.237. The number of hydrogen-bond acceptors (Lipinski definition) is 3. The Bertz CT molecular complexity index is 461. The minimum atomic E-state index is -0.465. The largest absolute Gasteiger partial charge is 0.459 e. The first kappa shape index (κ1) is 17.9. The van der Waals surface area contributed by atoms with E-state index in [1.165, 1.54) is 0 Å². The molecular weight excluding hydrogens is 585 g/mol. The summed E-state index contributed by atoms with van der Waals surface area (Å²) in [5.74, 6) is -0.312. The lowest BCUT2D eigenvalue weighted by Crippen LogP contribution is -2.22. The van der Waals surface area contributed by atoms with Gasteiger partial charge in [-0.05, 0) is 93.2 Å². The van der Waals surface area contributed by atoms with Gasteiger partial charge in [0.1, 0.15) is 6.10 Å². The molecule has 2 unspecified atom stereocenters. The highest BCUT2D eigenvalue weighted by molar-refractivity contribution is 14.1. The predicted molar refractivity (Wildman–Crippen MR) is 100 cm³/mol. The van der Waals surface area contributed by atoms with Crippen LogP contribution in [-0.2, 0) is 4.74 Å². The van der Waals surface area contributed by atoms with Crippen LogP contribution in [-0.4, -0.2) is 23.3 Å². The molecule has 2 atom stereocenters. The Kier molecular flexibility index (Phi) is 7.84. The molecule has 3 nitrogen and oxygen atoms in total. The third-order valence-electron chi connectivity index (χ3n) is 2.55. The molecule has 1 aromatic carbocycles. The SMILES string of the molecule is CCC(CC(C)O)OC(=O)c1cc(I)cc(I)c1I. The molecule has 0 fully saturated rings. The number of aliphatic hydroxyl groups is 1. The molecular formula is C13H15I3O3. The Balaban J connectivity index is 2.88. The smallest absolute Gasteiger partial charge is 0.339 e. The van der Waals surface area contributed by atoms with Gasteiger partial charge in [-0.25, -0.2) is 4.79 Å². The quantitative estimate of drug-likeness (QED) is 0.314. The number of ether oxygens (including phenoxy) is 1. The monoisotopic (exact) mass is 600 g/mol. The van der Waals surface area contributed by atoms with Crippen molar-refractivity contribution in [3.8, 4) is 0 Å². The second-order valence-electron chi connectivity index (χ2n) is 4.27. The van der Waals surface area contributed by atoms with E-state index < -0.39 is 6.10 Å². The molecule has 106 valence electrons. The summed E-state index contributed by atoms with van der Waals surface area (Å²) in [6.45, 7) is 3.65. The summed E-state index contributed by atoms with van der Waals surface area (Å²) in [7, 11) is 0. The highest BCUT2D eigenvalue weighted by Crippen LogP contribution is 2.24. The highest BCUT2D eigenvalue weighted by atomic mass is 127. The number of carbonyl (C=O) groups excluding carboxylic acids is 1. The van der Waals surface area contributed by atoms with Crippen molar-refractivity contribution < 1.29 is 14.6 Å². The Morgan fingerprint density at radius 1 is 1.37 bits per heavy atom. The molecule has 0 aliphatic carbocycles. The van der Waals surface area contributed by atoms with Gasteiger partial charge >= 0.3 is 5.97 Å². The lowest BCUT2D eigenvalue weighted by atomic mass is 10.1. The van der Waals surface area contributed by atoms with Gasteiger partial charge in [-0.15, -0.1) is 0 Å². The number of benzene rings is 1. The second-order valence-corrected chi connectivity index (χ2v) is 7.76. The van der Waals surface area contributed by atoms with E-state index in [1.54, 1.807) is 6.92 Å². The topological polar surface area (TPSA) is 46.5 Å². The number of carbonyl (C=O) groups is 1. The first-order valence-corrected chi connectivity index (χ1v) is 9.12. The summed E-state index contributed by atoms with van der Waals surface area (Å²) in [5, 5.41) is 9.38. The minimum Gasteiger partial charge on any atom is -0.459 e. The van der Waals surface area contributed by atoms with Crippen molar-refractivity contribution in [3.63, 3.8) is 0 Å². The van der Waals surface area contributed by atoms with Crippen LogP contribution in [0.3, 0.4) is 0 Å². The summed E-state index contributed by atoms with van der Waals surface area (Å²) < 4.78 is 8.44. The Morgan fingerprint density at radius 2 is 2.00 bits per heavy atom. The summed E-state index contributed by atoms with van der Waals surface area (Å²) in [6.07, 6.45) is 0.473. The number of esters is 1. The van der Waals surface area contributed by atoms with Crippen LogP contribution in [0.1, 0.15) is 37.0 Å². The van der Waals surface area contributed by atoms with Crippen molar-refractivity contribution in [1.82, 2.24) is 0 Å². The van der Waals surface area contributed by atoms with E-state index in [1.807, 2.05) is 19.1 Å². The fourth-order valence-corrected chi connectivity index (χ4v) is 3.97. The van der Waals surface area contributed by atoms with Crippen LogP contribution in [0.2, 0.25) is 0 Å². The lowest BCUT2D eigenvalue weighted by molar-refractivity contribution is 0.0158. The molecule has 0 aliphatic rings. The molecule has 1 aromatic rings. The van der Waals surface area contributed by atoms with Crippen molar-refractivity contribution in [2.24, 2.45) is 0 Å². The van der Waals surface area contributed by atoms with Crippen LogP contribution in [0.15, 0.2) is 12.1 Å². The summed E-state index contributed by atoms with van der Waals surface area (Å²) in [6, 6.07) is 3.86. The lowest BCUT2D eigenvalue weighted by Gasteiger charge is -2.18. The average molecular weight is 600 g/mol. The normalized spacial score (nSPS) is 14.0. The predicted octanol–water partition coefficient (Wildman–Crippen LogP) is 4.21. The summed E-state index contributed by atoms with van der Waals surface area (Å²) in [5.41, 5.74) is 0.598. The molecule has 0 spiro atoms. The van der Waals surface area contributed by atoms with Gasteiger partial charge in [0, 0.05) is 17.1 Å². The maximum Gasteiger partial charge on any atom is 0.339 e. The molecule has 6 heteroatoms. The third-order valence-corrected chi connectivity index (χ3v) is 6.21. The highest BCUT2D eigenvalue weighted by Gasteiger charge is 2.20. The summed E-state index contributed by atoms with van der Waals surface area (Å²) >= 11 is 6.56. The van der Waals surface area contributed by atoms with Gasteiger partial charge in [-0.1, -0.05) is 6.92 Å². The number of aliphatic hydroxyl groups excluding tert-OH is 1. The van der Waals surface area contributed by atoms with Crippen LogP contribution in [0.5, 0.6) is 0 Å². The molecule has 0 aromatic heterocycles.